The predicted octanol–water partition coefficient (Wildman–Crippen LogP) is 3.25. The molecule has 0 bridgehead atoms. The van der Waals surface area contributed by atoms with Crippen LogP contribution in [0.5, 0.6) is 0 Å². The predicted molar refractivity (Wildman–Crippen MR) is 91.5 cm³/mol. The monoisotopic (exact) mass is 328 g/mol. The molecule has 128 valence electrons. The summed E-state index contributed by atoms with van der Waals surface area (Å²) in [5.41, 5.74) is 2.55. The van der Waals surface area contributed by atoms with E-state index in [0.717, 1.165) is 25.0 Å². The third-order valence-electron chi connectivity index (χ3n) is 4.53. The first-order chi connectivity index (χ1) is 11.8. The number of aryl methyl sites for hydroxylation is 1. The fourth-order valence-corrected chi connectivity index (χ4v) is 3.37. The number of amides is 2. The second-order valence-corrected chi connectivity index (χ2v) is 6.12. The molecule has 1 aromatic heterocycles. The summed E-state index contributed by atoms with van der Waals surface area (Å²) in [6.45, 7) is 0.992. The van der Waals surface area contributed by atoms with Gasteiger partial charge < -0.3 is 19.7 Å². The zero-order valence-electron chi connectivity index (χ0n) is 13.8. The van der Waals surface area contributed by atoms with E-state index in [1.54, 1.807) is 6.26 Å². The Balaban J connectivity index is 1.75. The quantitative estimate of drug-likeness (QED) is 0.855. The lowest BCUT2D eigenvalue weighted by Gasteiger charge is -2.36. The first kappa shape index (κ1) is 16.6. The van der Waals surface area contributed by atoms with Crippen molar-refractivity contribution < 1.29 is 14.3 Å². The number of furan rings is 1. The largest absolute Gasteiger partial charge is 0.467 e. The number of aliphatic hydroxyl groups excluding tert-OH is 1. The lowest BCUT2D eigenvalue weighted by Crippen LogP contribution is -2.43. The molecule has 0 unspecified atom stereocenters. The van der Waals surface area contributed by atoms with Crippen molar-refractivity contribution in [1.29, 1.82) is 0 Å². The van der Waals surface area contributed by atoms with E-state index < -0.39 is 0 Å². The van der Waals surface area contributed by atoms with Crippen molar-refractivity contribution in [2.75, 3.05) is 13.2 Å². The molecule has 24 heavy (non-hydrogen) atoms. The van der Waals surface area contributed by atoms with Gasteiger partial charge in [-0.25, -0.2) is 4.79 Å². The van der Waals surface area contributed by atoms with Crippen molar-refractivity contribution in [3.8, 4) is 0 Å². The molecule has 0 saturated heterocycles. The number of nitrogens with zero attached hydrogens (tertiary/aromatic N) is 1. The third kappa shape index (κ3) is 3.79. The van der Waals surface area contributed by atoms with Gasteiger partial charge in [0.05, 0.1) is 18.8 Å². The van der Waals surface area contributed by atoms with Crippen LogP contribution in [0.1, 0.15) is 42.2 Å². The molecule has 2 amide bonds. The van der Waals surface area contributed by atoms with Gasteiger partial charge in [0.25, 0.3) is 0 Å². The maximum Gasteiger partial charge on any atom is 0.318 e. The zero-order valence-corrected chi connectivity index (χ0v) is 13.8. The molecule has 1 atom stereocenters. The summed E-state index contributed by atoms with van der Waals surface area (Å²) in [5.74, 6) is 0.731. The molecule has 1 aromatic carbocycles. The summed E-state index contributed by atoms with van der Waals surface area (Å²) in [6, 6.07) is 12.0. The number of carbonyl (C=O) groups is 1. The van der Waals surface area contributed by atoms with Crippen LogP contribution < -0.4 is 5.32 Å². The Labute approximate surface area is 142 Å². The Morgan fingerprint density at radius 1 is 1.29 bits per heavy atom. The molecule has 2 aromatic rings. The summed E-state index contributed by atoms with van der Waals surface area (Å²) in [5, 5.41) is 12.1. The standard InChI is InChI=1S/C19H24N2O3/c22-12-5-11-21(19(23)20-14-16-8-4-13-24-16)18-10-3-7-15-6-1-2-9-17(15)18/h1-2,4,6,8-9,13,18,22H,3,5,7,10-12,14H2,(H,20,23)/t18-/m0/s1. The van der Waals surface area contributed by atoms with Crippen molar-refractivity contribution in [3.05, 3.63) is 59.5 Å². The normalized spacial score (nSPS) is 16.5. The summed E-state index contributed by atoms with van der Waals surface area (Å²) >= 11 is 0. The molecule has 0 radical (unpaired) electrons. The first-order valence-electron chi connectivity index (χ1n) is 8.55. The molecule has 3 rings (SSSR count). The lowest BCUT2D eigenvalue weighted by atomic mass is 9.87. The number of hydrogen-bond donors (Lipinski definition) is 2. The van der Waals surface area contributed by atoms with E-state index in [4.69, 9.17) is 4.42 Å². The Hall–Kier alpha value is -2.27. The van der Waals surface area contributed by atoms with Crippen LogP contribution in [0.25, 0.3) is 0 Å². The number of carbonyl (C=O) groups excluding carboxylic acids is 1. The van der Waals surface area contributed by atoms with Gasteiger partial charge in [0.2, 0.25) is 0 Å². The highest BCUT2D eigenvalue weighted by molar-refractivity contribution is 5.74. The van der Waals surface area contributed by atoms with Crippen LogP contribution in [0, 0.1) is 0 Å². The topological polar surface area (TPSA) is 65.7 Å². The SMILES string of the molecule is O=C(NCc1ccco1)N(CCCO)[C@H]1CCCc2ccccc21. The minimum atomic E-state index is -0.110. The number of aliphatic hydroxyl groups is 1. The minimum Gasteiger partial charge on any atom is -0.467 e. The number of benzene rings is 1. The van der Waals surface area contributed by atoms with Gasteiger partial charge in [0.15, 0.2) is 0 Å². The van der Waals surface area contributed by atoms with Crippen LogP contribution in [0.3, 0.4) is 0 Å². The molecule has 0 aliphatic heterocycles. The van der Waals surface area contributed by atoms with Gasteiger partial charge in [-0.15, -0.1) is 0 Å². The lowest BCUT2D eigenvalue weighted by molar-refractivity contribution is 0.156. The van der Waals surface area contributed by atoms with Crippen LogP contribution in [0.4, 0.5) is 4.79 Å². The molecule has 5 heteroatoms. The van der Waals surface area contributed by atoms with E-state index in [0.29, 0.717) is 19.5 Å². The zero-order chi connectivity index (χ0) is 16.8. The van der Waals surface area contributed by atoms with Gasteiger partial charge in [0, 0.05) is 13.2 Å². The molecule has 5 nitrogen and oxygen atoms in total. The van der Waals surface area contributed by atoms with E-state index in [1.807, 2.05) is 23.1 Å². The number of urea groups is 1. The van der Waals surface area contributed by atoms with Crippen LogP contribution in [-0.4, -0.2) is 29.2 Å². The Morgan fingerprint density at radius 3 is 2.96 bits per heavy atom. The number of hydrogen-bond acceptors (Lipinski definition) is 3. The first-order valence-corrected chi connectivity index (χ1v) is 8.55. The van der Waals surface area contributed by atoms with Crippen LogP contribution in [-0.2, 0) is 13.0 Å². The van der Waals surface area contributed by atoms with Gasteiger partial charge in [-0.05, 0) is 48.9 Å². The van der Waals surface area contributed by atoms with E-state index >= 15 is 0 Å². The van der Waals surface area contributed by atoms with Crippen molar-refractivity contribution in [2.45, 2.75) is 38.3 Å². The van der Waals surface area contributed by atoms with Crippen LogP contribution >= 0.6 is 0 Å². The van der Waals surface area contributed by atoms with Gasteiger partial charge >= 0.3 is 6.03 Å². The molecule has 0 spiro atoms. The fraction of sp³-hybridized carbons (Fsp3) is 0.421. The molecule has 1 heterocycles. The highest BCUT2D eigenvalue weighted by atomic mass is 16.3. The second-order valence-electron chi connectivity index (χ2n) is 6.12. The van der Waals surface area contributed by atoms with Crippen molar-refractivity contribution in [2.24, 2.45) is 0 Å². The van der Waals surface area contributed by atoms with Crippen molar-refractivity contribution >= 4 is 6.03 Å². The summed E-state index contributed by atoms with van der Waals surface area (Å²) in [7, 11) is 0. The smallest absolute Gasteiger partial charge is 0.318 e. The summed E-state index contributed by atoms with van der Waals surface area (Å²) in [4.78, 5) is 14.6. The Morgan fingerprint density at radius 2 is 2.17 bits per heavy atom. The highest BCUT2D eigenvalue weighted by Gasteiger charge is 2.28. The van der Waals surface area contributed by atoms with Gasteiger partial charge in [-0.3, -0.25) is 0 Å². The molecule has 1 aliphatic carbocycles. The molecular formula is C19H24N2O3. The number of rotatable bonds is 6. The maximum absolute atomic E-state index is 12.7. The Kier molecular flexibility index (Phi) is 5.54. The van der Waals surface area contributed by atoms with Crippen LogP contribution in [0.15, 0.2) is 47.1 Å². The minimum absolute atomic E-state index is 0.0677. The second kappa shape index (κ2) is 8.02. The molecular weight excluding hydrogens is 304 g/mol. The molecule has 1 aliphatic rings. The molecule has 0 fully saturated rings. The summed E-state index contributed by atoms with van der Waals surface area (Å²) in [6.07, 6.45) is 5.27. The van der Waals surface area contributed by atoms with E-state index in [1.165, 1.54) is 11.1 Å². The van der Waals surface area contributed by atoms with Gasteiger partial charge in [-0.2, -0.15) is 0 Å². The number of fused-ring (bicyclic) bond motifs is 1. The molecule has 2 N–H and O–H groups in total. The van der Waals surface area contributed by atoms with Gasteiger partial charge in [0.1, 0.15) is 5.76 Å². The van der Waals surface area contributed by atoms with Crippen LogP contribution in [0.2, 0.25) is 0 Å². The Bertz CT molecular complexity index is 654. The summed E-state index contributed by atoms with van der Waals surface area (Å²) < 4.78 is 5.27. The average molecular weight is 328 g/mol. The number of nitrogens with one attached hydrogen (secondary N) is 1. The van der Waals surface area contributed by atoms with Crippen molar-refractivity contribution in [1.82, 2.24) is 10.2 Å². The van der Waals surface area contributed by atoms with E-state index in [9.17, 15) is 9.90 Å². The van der Waals surface area contributed by atoms with Crippen molar-refractivity contribution in [3.63, 3.8) is 0 Å². The third-order valence-corrected chi connectivity index (χ3v) is 4.53. The van der Waals surface area contributed by atoms with Gasteiger partial charge in [-0.1, -0.05) is 24.3 Å². The fourth-order valence-electron chi connectivity index (χ4n) is 3.37. The van der Waals surface area contributed by atoms with E-state index in [2.05, 4.69) is 23.5 Å². The maximum atomic E-state index is 12.7. The average Bonchev–Trinajstić information content (AvgIpc) is 3.14. The van der Waals surface area contributed by atoms with E-state index in [-0.39, 0.29) is 18.7 Å². The highest BCUT2D eigenvalue weighted by Crippen LogP contribution is 2.34. The molecule has 0 saturated carbocycles.